The van der Waals surface area contributed by atoms with E-state index >= 15 is 0 Å². The van der Waals surface area contributed by atoms with Gasteiger partial charge in [0.25, 0.3) is 5.60 Å². The standard InChI is InChI=1S/C14H16N2O5/c1-4-21-12(17)11(16-15)14(19,13(18)20-3)10-7-5-9(2)6-8-10/h5-8,19H,4H2,1-3H3/t14-/m1/s1. The number of carbonyl (C=O) groups is 2. The van der Waals surface area contributed by atoms with Crippen LogP contribution in [0.5, 0.6) is 0 Å². The molecule has 0 unspecified atom stereocenters. The minimum absolute atomic E-state index is 0.0109. The Morgan fingerprint density at radius 3 is 2.33 bits per heavy atom. The second kappa shape index (κ2) is 6.78. The number of esters is 2. The minimum Gasteiger partial charge on any atom is -0.466 e. The van der Waals surface area contributed by atoms with Crippen molar-refractivity contribution in [2.75, 3.05) is 13.7 Å². The lowest BCUT2D eigenvalue weighted by atomic mass is 9.88. The normalized spacial score (nSPS) is 12.8. The van der Waals surface area contributed by atoms with E-state index in [0.717, 1.165) is 12.7 Å². The molecule has 0 fully saturated rings. The number of benzene rings is 1. The number of carbonyl (C=O) groups excluding carboxylic acids is 2. The van der Waals surface area contributed by atoms with Crippen molar-refractivity contribution in [3.63, 3.8) is 0 Å². The van der Waals surface area contributed by atoms with Gasteiger partial charge < -0.3 is 20.1 Å². The second-order valence-corrected chi connectivity index (χ2v) is 4.24. The number of methoxy groups -OCH3 is 1. The highest BCUT2D eigenvalue weighted by Crippen LogP contribution is 2.25. The first-order valence-electron chi connectivity index (χ1n) is 6.19. The summed E-state index contributed by atoms with van der Waals surface area (Å²) in [6, 6.07) is 6.11. The molecule has 7 heteroatoms. The van der Waals surface area contributed by atoms with Crippen molar-refractivity contribution < 1.29 is 29.0 Å². The van der Waals surface area contributed by atoms with Gasteiger partial charge in [-0.25, -0.2) is 9.59 Å². The molecule has 0 saturated carbocycles. The molecular weight excluding hydrogens is 276 g/mol. The predicted molar refractivity (Wildman–Crippen MR) is 72.4 cm³/mol. The Morgan fingerprint density at radius 1 is 1.33 bits per heavy atom. The molecular formula is C14H16N2O5. The number of ether oxygens (including phenoxy) is 2. The summed E-state index contributed by atoms with van der Waals surface area (Å²) in [4.78, 5) is 26.5. The Labute approximate surface area is 121 Å². The minimum atomic E-state index is -2.55. The summed E-state index contributed by atoms with van der Waals surface area (Å²) in [5, 5.41) is 10.6. The molecule has 1 atom stereocenters. The monoisotopic (exact) mass is 292 g/mol. The van der Waals surface area contributed by atoms with E-state index in [-0.39, 0.29) is 12.2 Å². The summed E-state index contributed by atoms with van der Waals surface area (Å²) in [6.45, 7) is 3.34. The SMILES string of the molecule is CCOC(=O)C(=[N+]=[N-])[C@@](O)(C(=O)OC)c1ccc(C)cc1. The molecule has 21 heavy (non-hydrogen) atoms. The van der Waals surface area contributed by atoms with Gasteiger partial charge in [-0.3, -0.25) is 0 Å². The maximum Gasteiger partial charge on any atom is 0.423 e. The van der Waals surface area contributed by atoms with Crippen molar-refractivity contribution in [2.24, 2.45) is 0 Å². The van der Waals surface area contributed by atoms with Crippen LogP contribution in [0.15, 0.2) is 24.3 Å². The highest BCUT2D eigenvalue weighted by Gasteiger charge is 2.55. The zero-order valence-corrected chi connectivity index (χ0v) is 12.0. The van der Waals surface area contributed by atoms with Gasteiger partial charge in [0, 0.05) is 5.56 Å². The maximum atomic E-state index is 12.0. The molecule has 0 aliphatic carbocycles. The highest BCUT2D eigenvalue weighted by molar-refractivity contribution is 6.41. The summed E-state index contributed by atoms with van der Waals surface area (Å²) in [5.74, 6) is -2.28. The molecule has 0 aromatic heterocycles. The molecule has 0 amide bonds. The van der Waals surface area contributed by atoms with Crippen molar-refractivity contribution in [3.05, 3.63) is 40.9 Å². The Bertz CT molecular complexity index is 590. The van der Waals surface area contributed by atoms with E-state index in [1.165, 1.54) is 19.1 Å². The Balaban J connectivity index is 3.46. The molecule has 1 aromatic rings. The fraction of sp³-hybridized carbons (Fsp3) is 0.357. The van der Waals surface area contributed by atoms with Gasteiger partial charge in [0.1, 0.15) is 0 Å². The summed E-state index contributed by atoms with van der Waals surface area (Å²) < 4.78 is 9.21. The molecule has 0 heterocycles. The van der Waals surface area contributed by atoms with Crippen LogP contribution in [0.2, 0.25) is 0 Å². The largest absolute Gasteiger partial charge is 0.466 e. The van der Waals surface area contributed by atoms with Crippen LogP contribution in [0, 0.1) is 6.92 Å². The van der Waals surface area contributed by atoms with E-state index in [9.17, 15) is 14.7 Å². The van der Waals surface area contributed by atoms with Gasteiger partial charge in [0.05, 0.1) is 13.7 Å². The second-order valence-electron chi connectivity index (χ2n) is 4.24. The van der Waals surface area contributed by atoms with Crippen molar-refractivity contribution in [3.8, 4) is 0 Å². The average molecular weight is 292 g/mol. The molecule has 0 radical (unpaired) electrons. The Morgan fingerprint density at radius 2 is 1.90 bits per heavy atom. The molecule has 0 bridgehead atoms. The van der Waals surface area contributed by atoms with E-state index < -0.39 is 23.3 Å². The highest BCUT2D eigenvalue weighted by atomic mass is 16.5. The first kappa shape index (κ1) is 16.6. The van der Waals surface area contributed by atoms with E-state index in [1.807, 2.05) is 6.92 Å². The molecule has 1 rings (SSSR count). The van der Waals surface area contributed by atoms with Gasteiger partial charge in [0.15, 0.2) is 0 Å². The van der Waals surface area contributed by atoms with Gasteiger partial charge >= 0.3 is 17.7 Å². The lowest BCUT2D eigenvalue weighted by molar-refractivity contribution is -0.164. The van der Waals surface area contributed by atoms with Crippen LogP contribution in [-0.2, 0) is 24.7 Å². The van der Waals surface area contributed by atoms with Crippen molar-refractivity contribution in [1.29, 1.82) is 0 Å². The van der Waals surface area contributed by atoms with Crippen LogP contribution in [0.25, 0.3) is 5.53 Å². The summed E-state index contributed by atoms with van der Waals surface area (Å²) in [6.07, 6.45) is 0. The van der Waals surface area contributed by atoms with Gasteiger partial charge in [-0.15, -0.1) is 0 Å². The maximum absolute atomic E-state index is 12.0. The van der Waals surface area contributed by atoms with Crippen LogP contribution in [0.4, 0.5) is 0 Å². The van der Waals surface area contributed by atoms with E-state index in [0.29, 0.717) is 0 Å². The molecule has 0 saturated heterocycles. The molecule has 0 aliphatic heterocycles. The quantitative estimate of drug-likeness (QED) is 0.369. The van der Waals surface area contributed by atoms with E-state index in [2.05, 4.69) is 14.3 Å². The smallest absolute Gasteiger partial charge is 0.423 e. The number of aryl methyl sites for hydroxylation is 1. The number of aliphatic hydroxyl groups is 1. The molecule has 0 aliphatic rings. The van der Waals surface area contributed by atoms with Crippen LogP contribution in [0.3, 0.4) is 0 Å². The molecule has 1 N–H and O–H groups in total. The zero-order chi connectivity index (χ0) is 16.0. The average Bonchev–Trinajstić information content (AvgIpc) is 2.47. The third-order valence-corrected chi connectivity index (χ3v) is 2.86. The van der Waals surface area contributed by atoms with Crippen LogP contribution in [0.1, 0.15) is 18.1 Å². The number of nitrogens with zero attached hydrogens (tertiary/aromatic N) is 2. The van der Waals surface area contributed by atoms with Crippen molar-refractivity contribution >= 4 is 17.7 Å². The third kappa shape index (κ3) is 3.16. The van der Waals surface area contributed by atoms with Crippen LogP contribution < -0.4 is 0 Å². The number of rotatable bonds is 5. The van der Waals surface area contributed by atoms with Gasteiger partial charge in [-0.2, -0.15) is 4.79 Å². The van der Waals surface area contributed by atoms with Crippen LogP contribution >= 0.6 is 0 Å². The predicted octanol–water partition coefficient (Wildman–Crippen LogP) is 0.590. The summed E-state index contributed by atoms with van der Waals surface area (Å²) in [7, 11) is 1.04. The first-order valence-corrected chi connectivity index (χ1v) is 6.19. The third-order valence-electron chi connectivity index (χ3n) is 2.86. The molecule has 1 aromatic carbocycles. The molecule has 7 nitrogen and oxygen atoms in total. The van der Waals surface area contributed by atoms with Gasteiger partial charge in [0.2, 0.25) is 0 Å². The fourth-order valence-electron chi connectivity index (χ4n) is 1.75. The van der Waals surface area contributed by atoms with E-state index in [4.69, 9.17) is 5.53 Å². The van der Waals surface area contributed by atoms with Crippen molar-refractivity contribution in [1.82, 2.24) is 0 Å². The lowest BCUT2D eigenvalue weighted by Gasteiger charge is -2.20. The fourth-order valence-corrected chi connectivity index (χ4v) is 1.75. The van der Waals surface area contributed by atoms with Gasteiger partial charge in [-0.1, -0.05) is 29.8 Å². The van der Waals surface area contributed by atoms with Crippen LogP contribution in [-0.4, -0.2) is 41.3 Å². The molecule has 112 valence electrons. The summed E-state index contributed by atoms with van der Waals surface area (Å²) >= 11 is 0. The number of hydrogen-bond acceptors (Lipinski definition) is 5. The lowest BCUT2D eigenvalue weighted by Crippen LogP contribution is -2.49. The van der Waals surface area contributed by atoms with E-state index in [1.54, 1.807) is 12.1 Å². The molecule has 0 spiro atoms. The van der Waals surface area contributed by atoms with Gasteiger partial charge in [-0.05, 0) is 13.8 Å². The van der Waals surface area contributed by atoms with Crippen molar-refractivity contribution in [2.45, 2.75) is 19.4 Å². The first-order chi connectivity index (χ1) is 9.91. The topological polar surface area (TPSA) is 109 Å². The summed E-state index contributed by atoms with van der Waals surface area (Å²) in [5.41, 5.74) is 6.53. The Kier molecular flexibility index (Phi) is 5.35. The Hall–Kier alpha value is -2.50. The number of hydrogen-bond donors (Lipinski definition) is 1. The zero-order valence-electron chi connectivity index (χ0n) is 12.0.